The van der Waals surface area contributed by atoms with E-state index in [1.165, 1.54) is 24.3 Å². The maximum absolute atomic E-state index is 13.3. The lowest BCUT2D eigenvalue weighted by Gasteiger charge is -2.09. The molecule has 5 aromatic rings. The fourth-order valence-corrected chi connectivity index (χ4v) is 5.02. The molecule has 176 valence electrons. The summed E-state index contributed by atoms with van der Waals surface area (Å²) in [5, 5.41) is 12.6. The number of aromatic amines is 1. The third-order valence-corrected chi connectivity index (χ3v) is 7.06. The fourth-order valence-electron chi connectivity index (χ4n) is 3.97. The average Bonchev–Trinajstić information content (AvgIpc) is 3.28. The number of nitrogens with one attached hydrogen (secondary N) is 3. The van der Waals surface area contributed by atoms with Crippen molar-refractivity contribution in [3.8, 4) is 17.2 Å². The first kappa shape index (κ1) is 22.9. The second-order valence-electron chi connectivity index (χ2n) is 8.06. The molecule has 8 heteroatoms. The molecule has 0 aliphatic heterocycles. The van der Waals surface area contributed by atoms with Gasteiger partial charge in [0, 0.05) is 27.8 Å². The number of H-pyrrole nitrogens is 1. The minimum absolute atomic E-state index is 0.0434. The summed E-state index contributed by atoms with van der Waals surface area (Å²) in [7, 11) is -3.88. The molecular weight excluding hydrogens is 472 g/mol. The zero-order chi connectivity index (χ0) is 25.1. The minimum Gasteiger partial charge on any atom is -0.350 e. The molecule has 1 amide bonds. The van der Waals surface area contributed by atoms with Crippen molar-refractivity contribution in [1.29, 1.82) is 5.26 Å². The molecule has 0 saturated carbocycles. The first-order chi connectivity index (χ1) is 17.4. The molecule has 0 spiro atoms. The summed E-state index contributed by atoms with van der Waals surface area (Å²) in [5.74, 6) is -0.309. The smallest absolute Gasteiger partial charge is 0.272 e. The lowest BCUT2D eigenvalue weighted by molar-refractivity contribution is 0.102. The second-order valence-corrected chi connectivity index (χ2v) is 9.75. The summed E-state index contributed by atoms with van der Waals surface area (Å²) in [6.07, 6.45) is 0. The molecule has 0 aliphatic rings. The van der Waals surface area contributed by atoms with E-state index in [1.807, 2.05) is 54.6 Å². The molecule has 1 aromatic heterocycles. The van der Waals surface area contributed by atoms with Crippen LogP contribution in [0.4, 0.5) is 11.4 Å². The van der Waals surface area contributed by atoms with Crippen molar-refractivity contribution in [2.24, 2.45) is 0 Å². The van der Waals surface area contributed by atoms with E-state index in [0.717, 1.165) is 5.56 Å². The van der Waals surface area contributed by atoms with Gasteiger partial charge in [-0.15, -0.1) is 0 Å². The maximum Gasteiger partial charge on any atom is 0.272 e. The first-order valence-corrected chi connectivity index (χ1v) is 12.5. The Morgan fingerprint density at radius 1 is 0.806 bits per heavy atom. The number of nitriles is 1. The SMILES string of the molecule is N#Cc1ccc(S(=O)(=O)Nc2ccc3[nH]c(C(=O)Nc4ccccc4)c(-c4ccccc4)c3c2)cc1. The maximum atomic E-state index is 13.3. The van der Waals surface area contributed by atoms with E-state index in [1.54, 1.807) is 30.3 Å². The number of benzene rings is 4. The molecule has 4 aromatic carbocycles. The van der Waals surface area contributed by atoms with Gasteiger partial charge in [0.2, 0.25) is 0 Å². The van der Waals surface area contributed by atoms with Gasteiger partial charge in [-0.05, 0) is 60.2 Å². The first-order valence-electron chi connectivity index (χ1n) is 11.1. The van der Waals surface area contributed by atoms with Gasteiger partial charge >= 0.3 is 0 Å². The quantitative estimate of drug-likeness (QED) is 0.279. The number of hydrogen-bond donors (Lipinski definition) is 3. The largest absolute Gasteiger partial charge is 0.350 e. The van der Waals surface area contributed by atoms with Crippen molar-refractivity contribution in [2.45, 2.75) is 4.90 Å². The lowest BCUT2D eigenvalue weighted by Crippen LogP contribution is -2.13. The monoisotopic (exact) mass is 492 g/mol. The highest BCUT2D eigenvalue weighted by molar-refractivity contribution is 7.92. The molecule has 0 aliphatic carbocycles. The van der Waals surface area contributed by atoms with Gasteiger partial charge in [-0.2, -0.15) is 5.26 Å². The highest BCUT2D eigenvalue weighted by atomic mass is 32.2. The van der Waals surface area contributed by atoms with E-state index in [2.05, 4.69) is 15.0 Å². The van der Waals surface area contributed by atoms with Gasteiger partial charge in [0.15, 0.2) is 0 Å². The molecule has 0 fully saturated rings. The van der Waals surface area contributed by atoms with Crippen LogP contribution in [0.25, 0.3) is 22.0 Å². The van der Waals surface area contributed by atoms with Crippen molar-refractivity contribution >= 4 is 38.2 Å². The number of aromatic nitrogens is 1. The number of amides is 1. The predicted octanol–water partition coefficient (Wildman–Crippen LogP) is 5.76. The number of rotatable bonds is 6. The second kappa shape index (κ2) is 9.41. The van der Waals surface area contributed by atoms with Crippen LogP contribution in [0.15, 0.2) is 108 Å². The van der Waals surface area contributed by atoms with Crippen LogP contribution in [-0.4, -0.2) is 19.3 Å². The Bertz CT molecular complexity index is 1700. The van der Waals surface area contributed by atoms with Crippen molar-refractivity contribution < 1.29 is 13.2 Å². The van der Waals surface area contributed by atoms with Crippen LogP contribution < -0.4 is 10.0 Å². The van der Waals surface area contributed by atoms with E-state index >= 15 is 0 Å². The third kappa shape index (κ3) is 4.56. The Hall–Kier alpha value is -4.87. The van der Waals surface area contributed by atoms with Gasteiger partial charge < -0.3 is 10.3 Å². The number of carbonyl (C=O) groups excluding carboxylic acids is 1. The summed E-state index contributed by atoms with van der Waals surface area (Å²) in [5.41, 5.74) is 3.92. The van der Waals surface area contributed by atoms with Gasteiger partial charge in [-0.1, -0.05) is 48.5 Å². The zero-order valence-electron chi connectivity index (χ0n) is 18.9. The van der Waals surface area contributed by atoms with E-state index in [9.17, 15) is 13.2 Å². The summed E-state index contributed by atoms with van der Waals surface area (Å²) in [4.78, 5) is 16.5. The Balaban J connectivity index is 1.56. The zero-order valence-corrected chi connectivity index (χ0v) is 19.7. The number of nitrogens with zero attached hydrogens (tertiary/aromatic N) is 1. The molecule has 0 saturated heterocycles. The van der Waals surface area contributed by atoms with Crippen LogP contribution in [0.2, 0.25) is 0 Å². The Morgan fingerprint density at radius 3 is 2.14 bits per heavy atom. The van der Waals surface area contributed by atoms with Crippen molar-refractivity contribution in [3.63, 3.8) is 0 Å². The van der Waals surface area contributed by atoms with E-state index < -0.39 is 10.0 Å². The number of fused-ring (bicyclic) bond motifs is 1. The van der Waals surface area contributed by atoms with Crippen LogP contribution in [0.5, 0.6) is 0 Å². The summed E-state index contributed by atoms with van der Waals surface area (Å²) < 4.78 is 28.5. The predicted molar refractivity (Wildman–Crippen MR) is 140 cm³/mol. The van der Waals surface area contributed by atoms with Crippen LogP contribution in [0, 0.1) is 11.3 Å². The van der Waals surface area contributed by atoms with E-state index in [-0.39, 0.29) is 10.8 Å². The number of para-hydroxylation sites is 1. The number of anilines is 2. The molecule has 36 heavy (non-hydrogen) atoms. The van der Waals surface area contributed by atoms with Gasteiger partial charge in [0.1, 0.15) is 5.69 Å². The van der Waals surface area contributed by atoms with Gasteiger partial charge in [0.05, 0.1) is 16.5 Å². The highest BCUT2D eigenvalue weighted by Crippen LogP contribution is 2.35. The summed E-state index contributed by atoms with van der Waals surface area (Å²) >= 11 is 0. The van der Waals surface area contributed by atoms with Gasteiger partial charge in [0.25, 0.3) is 15.9 Å². The van der Waals surface area contributed by atoms with Crippen molar-refractivity contribution in [3.05, 3.63) is 114 Å². The molecule has 0 radical (unpaired) electrons. The number of hydrogen-bond acceptors (Lipinski definition) is 4. The molecule has 3 N–H and O–H groups in total. The van der Waals surface area contributed by atoms with Crippen LogP contribution >= 0.6 is 0 Å². The minimum atomic E-state index is -3.88. The lowest BCUT2D eigenvalue weighted by atomic mass is 10.0. The Labute approximate surface area is 208 Å². The highest BCUT2D eigenvalue weighted by Gasteiger charge is 2.21. The average molecular weight is 493 g/mol. The molecule has 7 nitrogen and oxygen atoms in total. The van der Waals surface area contributed by atoms with Crippen LogP contribution in [0.1, 0.15) is 16.1 Å². The molecule has 0 unspecified atom stereocenters. The number of carbonyl (C=O) groups is 1. The van der Waals surface area contributed by atoms with Crippen LogP contribution in [-0.2, 0) is 10.0 Å². The van der Waals surface area contributed by atoms with E-state index in [0.29, 0.717) is 39.1 Å². The number of sulfonamides is 1. The summed E-state index contributed by atoms with van der Waals surface area (Å²) in [6, 6.07) is 31.3. The molecule has 0 bridgehead atoms. The van der Waals surface area contributed by atoms with E-state index in [4.69, 9.17) is 5.26 Å². The molecule has 5 rings (SSSR count). The molecular formula is C28H20N4O3S. The topological polar surface area (TPSA) is 115 Å². The standard InChI is InChI=1S/C28H20N4O3S/c29-18-19-11-14-23(15-12-19)36(34,35)32-22-13-16-25-24(17-22)26(20-7-3-1-4-8-20)27(31-25)28(33)30-21-9-5-2-6-10-21/h1-17,31-32H,(H,30,33). The molecule has 1 heterocycles. The fraction of sp³-hybridized carbons (Fsp3) is 0. The van der Waals surface area contributed by atoms with Crippen LogP contribution in [0.3, 0.4) is 0 Å². The Morgan fingerprint density at radius 2 is 1.47 bits per heavy atom. The van der Waals surface area contributed by atoms with Crippen molar-refractivity contribution in [1.82, 2.24) is 4.98 Å². The molecule has 0 atom stereocenters. The van der Waals surface area contributed by atoms with Gasteiger partial charge in [-0.25, -0.2) is 8.42 Å². The van der Waals surface area contributed by atoms with Crippen molar-refractivity contribution in [2.75, 3.05) is 10.0 Å². The van der Waals surface area contributed by atoms with Gasteiger partial charge in [-0.3, -0.25) is 9.52 Å². The third-order valence-electron chi connectivity index (χ3n) is 5.67. The summed E-state index contributed by atoms with van der Waals surface area (Å²) in [6.45, 7) is 0. The Kier molecular flexibility index (Phi) is 5.98. The normalized spacial score (nSPS) is 11.1.